The number of nitrogens with one attached hydrogen (secondary N) is 1. The van der Waals surface area contributed by atoms with E-state index in [9.17, 15) is 4.79 Å². The predicted octanol–water partition coefficient (Wildman–Crippen LogP) is 2.95. The van der Waals surface area contributed by atoms with E-state index in [1.807, 2.05) is 13.8 Å². The fourth-order valence-corrected chi connectivity index (χ4v) is 1.40. The van der Waals surface area contributed by atoms with Crippen molar-refractivity contribution < 1.29 is 9.53 Å². The minimum absolute atomic E-state index is 0.245. The number of anilines is 1. The van der Waals surface area contributed by atoms with Crippen LogP contribution in [-0.4, -0.2) is 19.1 Å². The van der Waals surface area contributed by atoms with E-state index in [4.69, 9.17) is 11.6 Å². The molecule has 4 heteroatoms. The lowest BCUT2D eigenvalue weighted by molar-refractivity contribution is 0.0602. The van der Waals surface area contributed by atoms with Gasteiger partial charge in [-0.2, -0.15) is 0 Å². The van der Waals surface area contributed by atoms with Crippen molar-refractivity contribution in [2.24, 2.45) is 0 Å². The average Bonchev–Trinajstić information content (AvgIpc) is 2.19. The van der Waals surface area contributed by atoms with Crippen LogP contribution in [0.4, 0.5) is 5.69 Å². The van der Waals surface area contributed by atoms with Gasteiger partial charge in [-0.3, -0.25) is 0 Å². The first kappa shape index (κ1) is 11.9. The van der Waals surface area contributed by atoms with E-state index in [0.717, 1.165) is 5.69 Å². The number of hydrogen-bond acceptors (Lipinski definition) is 3. The number of carbonyl (C=O) groups excluding carboxylic acids is 1. The van der Waals surface area contributed by atoms with Crippen LogP contribution >= 0.6 is 11.6 Å². The molecule has 82 valence electrons. The highest BCUT2D eigenvalue weighted by Crippen LogP contribution is 2.22. The number of carbonyl (C=O) groups is 1. The molecule has 1 N–H and O–H groups in total. The molecule has 0 atom stereocenters. The molecule has 0 fully saturated rings. The zero-order chi connectivity index (χ0) is 11.4. The van der Waals surface area contributed by atoms with E-state index >= 15 is 0 Å². The topological polar surface area (TPSA) is 38.3 Å². The first-order valence-corrected chi connectivity index (χ1v) is 5.06. The average molecular weight is 228 g/mol. The largest absolute Gasteiger partial charge is 0.465 e. The first-order valence-electron chi connectivity index (χ1n) is 4.69. The molecule has 15 heavy (non-hydrogen) atoms. The third-order valence-corrected chi connectivity index (χ3v) is 2.07. The number of esters is 1. The standard InChI is InChI=1S/C11H14ClNO2/c1-7(2)13-10-5-4-8(12)6-9(10)11(14)15-3/h4-7,13H,1-3H3. The molecule has 0 aliphatic carbocycles. The van der Waals surface area contributed by atoms with Gasteiger partial charge in [0.15, 0.2) is 0 Å². The van der Waals surface area contributed by atoms with Crippen molar-refractivity contribution in [2.45, 2.75) is 19.9 Å². The summed E-state index contributed by atoms with van der Waals surface area (Å²) in [4.78, 5) is 11.4. The molecule has 1 aromatic carbocycles. The molecule has 0 aromatic heterocycles. The quantitative estimate of drug-likeness (QED) is 0.807. The van der Waals surface area contributed by atoms with Crippen LogP contribution in [0.1, 0.15) is 24.2 Å². The van der Waals surface area contributed by atoms with Gasteiger partial charge in [-0.05, 0) is 32.0 Å². The van der Waals surface area contributed by atoms with Crippen LogP contribution in [-0.2, 0) is 4.74 Å². The molecule has 0 aliphatic heterocycles. The summed E-state index contributed by atoms with van der Waals surface area (Å²) in [5.74, 6) is -0.388. The smallest absolute Gasteiger partial charge is 0.340 e. The molecule has 0 amide bonds. The summed E-state index contributed by atoms with van der Waals surface area (Å²) in [6.45, 7) is 3.99. The van der Waals surface area contributed by atoms with Crippen LogP contribution in [0, 0.1) is 0 Å². The van der Waals surface area contributed by atoms with Crippen LogP contribution in [0.3, 0.4) is 0 Å². The highest BCUT2D eigenvalue weighted by Gasteiger charge is 2.12. The van der Waals surface area contributed by atoms with Gasteiger partial charge in [0.05, 0.1) is 12.7 Å². The Kier molecular flexibility index (Phi) is 3.97. The van der Waals surface area contributed by atoms with Gasteiger partial charge in [-0.15, -0.1) is 0 Å². The molecule has 3 nitrogen and oxygen atoms in total. The molecular formula is C11H14ClNO2. The van der Waals surface area contributed by atoms with Crippen LogP contribution in [0.5, 0.6) is 0 Å². The Bertz CT molecular complexity index is 364. The normalized spacial score (nSPS) is 10.2. The van der Waals surface area contributed by atoms with Gasteiger partial charge in [-0.1, -0.05) is 11.6 Å². The van der Waals surface area contributed by atoms with Crippen molar-refractivity contribution in [3.63, 3.8) is 0 Å². The maximum atomic E-state index is 11.4. The maximum absolute atomic E-state index is 11.4. The summed E-state index contributed by atoms with van der Waals surface area (Å²) in [5, 5.41) is 3.67. The summed E-state index contributed by atoms with van der Waals surface area (Å²) in [6, 6.07) is 5.35. The second-order valence-electron chi connectivity index (χ2n) is 3.48. The van der Waals surface area contributed by atoms with Gasteiger partial charge < -0.3 is 10.1 Å². The van der Waals surface area contributed by atoms with Gasteiger partial charge in [0.25, 0.3) is 0 Å². The zero-order valence-electron chi connectivity index (χ0n) is 9.00. The zero-order valence-corrected chi connectivity index (χ0v) is 9.76. The highest BCUT2D eigenvalue weighted by atomic mass is 35.5. The van der Waals surface area contributed by atoms with Gasteiger partial charge in [0.2, 0.25) is 0 Å². The van der Waals surface area contributed by atoms with Crippen molar-refractivity contribution in [2.75, 3.05) is 12.4 Å². The second kappa shape index (κ2) is 5.03. The van der Waals surface area contributed by atoms with Gasteiger partial charge >= 0.3 is 5.97 Å². The van der Waals surface area contributed by atoms with Crippen molar-refractivity contribution >= 4 is 23.3 Å². The minimum Gasteiger partial charge on any atom is -0.465 e. The van der Waals surface area contributed by atoms with E-state index < -0.39 is 0 Å². The molecule has 0 radical (unpaired) electrons. The summed E-state index contributed by atoms with van der Waals surface area (Å²) < 4.78 is 4.68. The molecule has 0 saturated heterocycles. The Morgan fingerprint density at radius 2 is 2.13 bits per heavy atom. The highest BCUT2D eigenvalue weighted by molar-refractivity contribution is 6.31. The van der Waals surface area contributed by atoms with Gasteiger partial charge in [0.1, 0.15) is 0 Å². The maximum Gasteiger partial charge on any atom is 0.340 e. The SMILES string of the molecule is COC(=O)c1cc(Cl)ccc1NC(C)C. The van der Waals surface area contributed by atoms with Crippen molar-refractivity contribution in [1.29, 1.82) is 0 Å². The molecule has 0 saturated carbocycles. The number of methoxy groups -OCH3 is 1. The predicted molar refractivity (Wildman–Crippen MR) is 61.6 cm³/mol. The number of hydrogen-bond donors (Lipinski definition) is 1. The minimum atomic E-state index is -0.388. The number of rotatable bonds is 3. The number of halogens is 1. The van der Waals surface area contributed by atoms with Crippen LogP contribution in [0.2, 0.25) is 5.02 Å². The fourth-order valence-electron chi connectivity index (χ4n) is 1.23. The van der Waals surface area contributed by atoms with Gasteiger partial charge in [0, 0.05) is 16.8 Å². The number of benzene rings is 1. The molecule has 1 rings (SSSR count). The van der Waals surface area contributed by atoms with Crippen molar-refractivity contribution in [1.82, 2.24) is 0 Å². The lowest BCUT2D eigenvalue weighted by atomic mass is 10.1. The third kappa shape index (κ3) is 3.13. The summed E-state index contributed by atoms with van der Waals surface area (Å²) in [6.07, 6.45) is 0. The van der Waals surface area contributed by atoms with Gasteiger partial charge in [-0.25, -0.2) is 4.79 Å². The fraction of sp³-hybridized carbons (Fsp3) is 0.364. The second-order valence-corrected chi connectivity index (χ2v) is 3.92. The van der Waals surface area contributed by atoms with Crippen molar-refractivity contribution in [3.05, 3.63) is 28.8 Å². The molecule has 0 spiro atoms. The Hall–Kier alpha value is -1.22. The molecule has 1 aromatic rings. The Morgan fingerprint density at radius 3 is 2.67 bits per heavy atom. The first-order chi connectivity index (χ1) is 7.04. The van der Waals surface area contributed by atoms with E-state index in [2.05, 4.69) is 10.1 Å². The Morgan fingerprint density at radius 1 is 1.47 bits per heavy atom. The number of ether oxygens (including phenoxy) is 1. The van der Waals surface area contributed by atoms with Crippen molar-refractivity contribution in [3.8, 4) is 0 Å². The van der Waals surface area contributed by atoms with Crippen LogP contribution < -0.4 is 5.32 Å². The third-order valence-electron chi connectivity index (χ3n) is 1.83. The van der Waals surface area contributed by atoms with E-state index in [1.54, 1.807) is 18.2 Å². The van der Waals surface area contributed by atoms with Crippen LogP contribution in [0.15, 0.2) is 18.2 Å². The van der Waals surface area contributed by atoms with E-state index in [1.165, 1.54) is 7.11 Å². The lowest BCUT2D eigenvalue weighted by Gasteiger charge is -2.13. The summed E-state index contributed by atoms with van der Waals surface area (Å²) in [7, 11) is 1.35. The molecular weight excluding hydrogens is 214 g/mol. The molecule has 0 heterocycles. The van der Waals surface area contributed by atoms with Crippen LogP contribution in [0.25, 0.3) is 0 Å². The van der Waals surface area contributed by atoms with E-state index in [0.29, 0.717) is 10.6 Å². The summed E-state index contributed by atoms with van der Waals surface area (Å²) >= 11 is 5.82. The molecule has 0 unspecified atom stereocenters. The monoisotopic (exact) mass is 227 g/mol. The Balaban J connectivity index is 3.08. The van der Waals surface area contributed by atoms with E-state index in [-0.39, 0.29) is 12.0 Å². The Labute approximate surface area is 94.4 Å². The molecule has 0 aliphatic rings. The summed E-state index contributed by atoms with van der Waals surface area (Å²) in [5.41, 5.74) is 1.19. The molecule has 0 bridgehead atoms. The lowest BCUT2D eigenvalue weighted by Crippen LogP contribution is -2.14.